The number of thioether (sulfide) groups is 1. The van der Waals surface area contributed by atoms with Gasteiger partial charge in [0.15, 0.2) is 0 Å². The summed E-state index contributed by atoms with van der Waals surface area (Å²) < 4.78 is 6.20. The quantitative estimate of drug-likeness (QED) is 0.769. The van der Waals surface area contributed by atoms with Gasteiger partial charge in [-0.25, -0.2) is 0 Å². The Balaban J connectivity index is 2.36. The predicted octanol–water partition coefficient (Wildman–Crippen LogP) is 4.01. The molecule has 4 heteroatoms. The second kappa shape index (κ2) is 7.85. The van der Waals surface area contributed by atoms with E-state index in [1.54, 1.807) is 7.11 Å². The molecule has 0 aliphatic carbocycles. The average molecular weight is 304 g/mol. The molecule has 0 spiro atoms. The normalized spacial score (nSPS) is 10.2. The molecule has 1 aromatic carbocycles. The van der Waals surface area contributed by atoms with Crippen molar-refractivity contribution in [1.29, 1.82) is 0 Å². The molecule has 0 amide bonds. The largest absolute Gasteiger partial charge is 0.497 e. The Labute approximate surface area is 110 Å². The van der Waals surface area contributed by atoms with Gasteiger partial charge in [0.1, 0.15) is 5.75 Å². The molecule has 0 saturated carbocycles. The lowest BCUT2D eigenvalue weighted by Crippen LogP contribution is -2.03. The number of hydrogen-bond donors (Lipinski definition) is 1. The van der Waals surface area contributed by atoms with E-state index in [1.165, 1.54) is 17.9 Å². The summed E-state index contributed by atoms with van der Waals surface area (Å²) in [7, 11) is 1.68. The van der Waals surface area contributed by atoms with Crippen molar-refractivity contribution in [1.82, 2.24) is 0 Å². The van der Waals surface area contributed by atoms with Crippen molar-refractivity contribution in [2.24, 2.45) is 0 Å². The van der Waals surface area contributed by atoms with Crippen molar-refractivity contribution in [3.63, 3.8) is 0 Å². The number of benzene rings is 1. The molecule has 0 heterocycles. The molecule has 0 saturated heterocycles. The number of nitrogens with one attached hydrogen (secondary N) is 1. The summed E-state index contributed by atoms with van der Waals surface area (Å²) in [6.45, 7) is 3.20. The Morgan fingerprint density at radius 3 is 2.88 bits per heavy atom. The first-order valence-electron chi connectivity index (χ1n) is 5.43. The van der Waals surface area contributed by atoms with Crippen LogP contribution in [0.25, 0.3) is 0 Å². The third-order valence-electron chi connectivity index (χ3n) is 2.16. The zero-order chi connectivity index (χ0) is 11.8. The summed E-state index contributed by atoms with van der Waals surface area (Å²) in [6, 6.07) is 5.98. The van der Waals surface area contributed by atoms with E-state index in [2.05, 4.69) is 28.2 Å². The van der Waals surface area contributed by atoms with Gasteiger partial charge < -0.3 is 10.1 Å². The fraction of sp³-hybridized carbons (Fsp3) is 0.500. The van der Waals surface area contributed by atoms with Gasteiger partial charge in [0.25, 0.3) is 0 Å². The number of anilines is 1. The Morgan fingerprint density at radius 1 is 1.44 bits per heavy atom. The first-order chi connectivity index (χ1) is 7.77. The maximum Gasteiger partial charge on any atom is 0.120 e. The summed E-state index contributed by atoms with van der Waals surface area (Å²) in [5, 5.41) is 3.41. The fourth-order valence-electron chi connectivity index (χ4n) is 1.31. The van der Waals surface area contributed by atoms with Gasteiger partial charge in [0, 0.05) is 16.7 Å². The second-order valence-electron chi connectivity index (χ2n) is 3.32. The Hall–Kier alpha value is -0.350. The first-order valence-corrected chi connectivity index (χ1v) is 7.38. The van der Waals surface area contributed by atoms with Crippen molar-refractivity contribution >= 4 is 33.4 Å². The van der Waals surface area contributed by atoms with E-state index >= 15 is 0 Å². The van der Waals surface area contributed by atoms with Crippen LogP contribution in [0.2, 0.25) is 0 Å². The highest BCUT2D eigenvalue weighted by Gasteiger charge is 2.00. The van der Waals surface area contributed by atoms with E-state index in [4.69, 9.17) is 4.74 Å². The van der Waals surface area contributed by atoms with Crippen LogP contribution in [0.15, 0.2) is 22.7 Å². The van der Waals surface area contributed by atoms with Crippen molar-refractivity contribution < 1.29 is 4.74 Å². The summed E-state index contributed by atoms with van der Waals surface area (Å²) in [6.07, 6.45) is 1.19. The number of ether oxygens (including phenoxy) is 1. The van der Waals surface area contributed by atoms with Crippen molar-refractivity contribution in [3.05, 3.63) is 22.7 Å². The molecule has 0 aliphatic rings. The van der Waals surface area contributed by atoms with E-state index in [-0.39, 0.29) is 0 Å². The molecule has 1 rings (SSSR count). The van der Waals surface area contributed by atoms with Crippen LogP contribution < -0.4 is 10.1 Å². The summed E-state index contributed by atoms with van der Waals surface area (Å²) in [4.78, 5) is 0. The lowest BCUT2D eigenvalue weighted by molar-refractivity contribution is 0.414. The first kappa shape index (κ1) is 13.7. The lowest BCUT2D eigenvalue weighted by atomic mass is 10.3. The molecule has 1 aromatic rings. The molecular weight excluding hydrogens is 286 g/mol. The van der Waals surface area contributed by atoms with E-state index in [1.807, 2.05) is 30.0 Å². The monoisotopic (exact) mass is 303 g/mol. The fourth-order valence-corrected chi connectivity index (χ4v) is 2.44. The molecular formula is C12H18BrNOS. The Kier molecular flexibility index (Phi) is 6.73. The molecule has 0 atom stereocenters. The molecule has 0 aliphatic heterocycles. The number of rotatable bonds is 7. The summed E-state index contributed by atoms with van der Waals surface area (Å²) in [5.41, 5.74) is 1.13. The van der Waals surface area contributed by atoms with Crippen molar-refractivity contribution in [2.75, 3.05) is 30.5 Å². The molecule has 90 valence electrons. The zero-order valence-electron chi connectivity index (χ0n) is 9.75. The van der Waals surface area contributed by atoms with Gasteiger partial charge in [-0.3, -0.25) is 0 Å². The van der Waals surface area contributed by atoms with Gasteiger partial charge >= 0.3 is 0 Å². The summed E-state index contributed by atoms with van der Waals surface area (Å²) in [5.74, 6) is 3.29. The van der Waals surface area contributed by atoms with Gasteiger partial charge in [-0.2, -0.15) is 11.8 Å². The van der Waals surface area contributed by atoms with Crippen LogP contribution >= 0.6 is 27.7 Å². The molecule has 0 unspecified atom stereocenters. The predicted molar refractivity (Wildman–Crippen MR) is 76.8 cm³/mol. The van der Waals surface area contributed by atoms with Crippen LogP contribution in [0.4, 0.5) is 5.69 Å². The molecule has 16 heavy (non-hydrogen) atoms. The molecule has 0 bridgehead atoms. The van der Waals surface area contributed by atoms with Crippen LogP contribution in [0, 0.1) is 0 Å². The van der Waals surface area contributed by atoms with Crippen molar-refractivity contribution in [3.8, 4) is 5.75 Å². The molecule has 0 fully saturated rings. The number of hydrogen-bond acceptors (Lipinski definition) is 3. The molecule has 0 aromatic heterocycles. The topological polar surface area (TPSA) is 21.3 Å². The highest BCUT2D eigenvalue weighted by atomic mass is 79.9. The highest BCUT2D eigenvalue weighted by molar-refractivity contribution is 9.10. The molecule has 0 radical (unpaired) electrons. The Bertz CT molecular complexity index is 320. The van der Waals surface area contributed by atoms with E-state index in [0.29, 0.717) is 0 Å². The third kappa shape index (κ3) is 4.66. The number of methoxy groups -OCH3 is 1. The van der Waals surface area contributed by atoms with Gasteiger partial charge in [-0.15, -0.1) is 0 Å². The van der Waals surface area contributed by atoms with Crippen LogP contribution in [-0.4, -0.2) is 25.2 Å². The summed E-state index contributed by atoms with van der Waals surface area (Å²) >= 11 is 5.50. The minimum atomic E-state index is 0.874. The molecule has 2 nitrogen and oxygen atoms in total. The van der Waals surface area contributed by atoms with Crippen LogP contribution in [-0.2, 0) is 0 Å². The number of halogens is 1. The third-order valence-corrected chi connectivity index (χ3v) is 3.80. The second-order valence-corrected chi connectivity index (χ2v) is 5.57. The standard InChI is InChI=1S/C12H18BrNOS/c1-3-16-8-4-7-14-12-6-5-10(15-2)9-11(12)13/h5-6,9,14H,3-4,7-8H2,1-2H3. The SMILES string of the molecule is CCSCCCNc1ccc(OC)cc1Br. The van der Waals surface area contributed by atoms with Gasteiger partial charge in [0.05, 0.1) is 7.11 Å². The van der Waals surface area contributed by atoms with Gasteiger partial charge in [-0.1, -0.05) is 6.92 Å². The zero-order valence-corrected chi connectivity index (χ0v) is 12.2. The van der Waals surface area contributed by atoms with Crippen molar-refractivity contribution in [2.45, 2.75) is 13.3 Å². The van der Waals surface area contributed by atoms with E-state index < -0.39 is 0 Å². The lowest BCUT2D eigenvalue weighted by Gasteiger charge is -2.09. The van der Waals surface area contributed by atoms with Crippen LogP contribution in [0.1, 0.15) is 13.3 Å². The van der Waals surface area contributed by atoms with E-state index in [0.717, 1.165) is 22.5 Å². The minimum Gasteiger partial charge on any atom is -0.497 e. The minimum absolute atomic E-state index is 0.874. The molecule has 1 N–H and O–H groups in total. The van der Waals surface area contributed by atoms with E-state index in [9.17, 15) is 0 Å². The smallest absolute Gasteiger partial charge is 0.120 e. The Morgan fingerprint density at radius 2 is 2.25 bits per heavy atom. The highest BCUT2D eigenvalue weighted by Crippen LogP contribution is 2.26. The average Bonchev–Trinajstić information content (AvgIpc) is 2.30. The van der Waals surface area contributed by atoms with Gasteiger partial charge in [0.2, 0.25) is 0 Å². The van der Waals surface area contributed by atoms with Crippen LogP contribution in [0.3, 0.4) is 0 Å². The van der Waals surface area contributed by atoms with Gasteiger partial charge in [-0.05, 0) is 52.1 Å². The maximum absolute atomic E-state index is 5.15. The maximum atomic E-state index is 5.15. The van der Waals surface area contributed by atoms with Crippen LogP contribution in [0.5, 0.6) is 5.75 Å².